The number of carbonyl (C=O) groups excluding carboxylic acids is 4. The molecule has 5 aromatic carbocycles. The average Bonchev–Trinajstić information content (AvgIpc) is 1.92. The number of amides is 2. The average molecular weight is 1200 g/mol. The van der Waals surface area contributed by atoms with Crippen LogP contribution >= 0.6 is 11.8 Å². The van der Waals surface area contributed by atoms with E-state index in [1.165, 1.54) is 39.0 Å². The number of nitrogens with one attached hydrogen (secondary N) is 2. The second-order valence-corrected chi connectivity index (χ2v) is 24.5. The predicted octanol–water partition coefficient (Wildman–Crippen LogP) is 5.76. The summed E-state index contributed by atoms with van der Waals surface area (Å²) in [5.74, 6) is 0.330. The summed E-state index contributed by atoms with van der Waals surface area (Å²) in [7, 11) is 4.96. The van der Waals surface area contributed by atoms with Gasteiger partial charge in [0.05, 0.1) is 54.2 Å². The van der Waals surface area contributed by atoms with E-state index in [9.17, 15) is 43.7 Å². The smallest absolute Gasteiger partial charge is 0.331 e. The summed E-state index contributed by atoms with van der Waals surface area (Å²) in [5.41, 5.74) is 5.48. The molecule has 2 amide bonds. The summed E-state index contributed by atoms with van der Waals surface area (Å²) in [6, 6.07) is 14.8. The molecule has 9 heterocycles. The van der Waals surface area contributed by atoms with Crippen LogP contribution in [0.5, 0.6) is 40.2 Å². The third-order valence-corrected chi connectivity index (χ3v) is 20.0. The molecule has 5 N–H and O–H groups in total. The van der Waals surface area contributed by atoms with Gasteiger partial charge in [-0.25, -0.2) is 14.3 Å². The summed E-state index contributed by atoms with van der Waals surface area (Å²) in [5, 5.41) is 46.1. The number of H-pyrrole nitrogens is 1. The summed E-state index contributed by atoms with van der Waals surface area (Å²) in [6.45, 7) is 7.01. The number of thioether (sulfide) groups is 1. The highest BCUT2D eigenvalue weighted by atomic mass is 32.2. The van der Waals surface area contributed by atoms with Gasteiger partial charge in [0.1, 0.15) is 24.4 Å². The van der Waals surface area contributed by atoms with Gasteiger partial charge in [0.15, 0.2) is 40.0 Å². The van der Waals surface area contributed by atoms with E-state index in [1.807, 2.05) is 44.0 Å². The van der Waals surface area contributed by atoms with E-state index in [0.717, 1.165) is 40.5 Å². The Balaban J connectivity index is 0.000000182. The number of aryl methyl sites for hydroxylation is 1. The van der Waals surface area contributed by atoms with Crippen LogP contribution in [0.2, 0.25) is 0 Å². The van der Waals surface area contributed by atoms with Crippen LogP contribution in [0.15, 0.2) is 65.5 Å². The molecule has 7 unspecified atom stereocenters. The molecule has 1 spiro atoms. The monoisotopic (exact) mass is 1200 g/mol. The standard InChI is InChI=1S/C39H43N3O11S.C24H23FN4O3/c1-16-9-20-10-22-37(46)42-23-13-50-38(47)39(21-12-25(48-5)24(44)11-19(21)7-8-40-39)14-54-36(30(42)29(41(22)4)26(20)31(45)32(16)49-6)28-27(23)35-34(51-15-52-35)17(2)33(28)53-18(3)43;25-20-8-5-15(14-21-17-3-1-2-4-18(17)22(30)27-26-21)13-19(20)24(32)29-11-9-28(10-12-29)23(31)16-6-7-16/h9,11-12,22-23,29-30,36-37,40,44-46H,7-8,10,13-15H2,1-6H3;1-5,8,13,16H,6-7,9-12,14H2,(H,27,30). The molecule has 450 valence electrons. The molecule has 4 bridgehead atoms. The Morgan fingerprint density at radius 1 is 0.884 bits per heavy atom. The molecular weight excluding hydrogens is 1130 g/mol. The van der Waals surface area contributed by atoms with Gasteiger partial charge in [-0.2, -0.15) is 5.10 Å². The zero-order chi connectivity index (χ0) is 60.2. The quantitative estimate of drug-likeness (QED) is 0.0941. The molecule has 1 saturated carbocycles. The van der Waals surface area contributed by atoms with E-state index >= 15 is 0 Å². The number of halogens is 1. The maximum Gasteiger partial charge on any atom is 0.331 e. The van der Waals surface area contributed by atoms with Gasteiger partial charge < -0.3 is 53.5 Å². The van der Waals surface area contributed by atoms with Gasteiger partial charge in [0.2, 0.25) is 12.7 Å². The molecule has 4 fully saturated rings. The van der Waals surface area contributed by atoms with Crippen LogP contribution in [0.1, 0.15) is 103 Å². The molecule has 6 aromatic rings. The molecule has 23 heteroatoms. The van der Waals surface area contributed by atoms with Crippen molar-refractivity contribution >= 4 is 46.3 Å². The fourth-order valence-corrected chi connectivity index (χ4v) is 15.9. The number of carbonyl (C=O) groups is 4. The van der Waals surface area contributed by atoms with Gasteiger partial charge in [-0.1, -0.05) is 30.3 Å². The number of ether oxygens (including phenoxy) is 6. The van der Waals surface area contributed by atoms with Crippen LogP contribution in [0.3, 0.4) is 0 Å². The first-order chi connectivity index (χ1) is 41.4. The molecule has 3 saturated heterocycles. The summed E-state index contributed by atoms with van der Waals surface area (Å²) >= 11 is 1.47. The van der Waals surface area contributed by atoms with Crippen LogP contribution < -0.4 is 34.6 Å². The van der Waals surface area contributed by atoms with Crippen molar-refractivity contribution in [3.8, 4) is 40.2 Å². The zero-order valence-corrected chi connectivity index (χ0v) is 49.2. The van der Waals surface area contributed by atoms with Crippen molar-refractivity contribution in [2.45, 2.75) is 94.1 Å². The number of piperazine rings is 2. The first-order valence-corrected chi connectivity index (χ1v) is 30.0. The van der Waals surface area contributed by atoms with Crippen LogP contribution in [-0.2, 0) is 43.9 Å². The van der Waals surface area contributed by atoms with E-state index in [-0.39, 0.29) is 71.3 Å². The highest BCUT2D eigenvalue weighted by Gasteiger charge is 2.61. The Morgan fingerprint density at radius 3 is 2.36 bits per heavy atom. The molecule has 1 aromatic heterocycles. The lowest BCUT2D eigenvalue weighted by Gasteiger charge is -2.62. The van der Waals surface area contributed by atoms with Crippen molar-refractivity contribution in [2.24, 2.45) is 5.92 Å². The number of hydrogen-bond donors (Lipinski definition) is 5. The van der Waals surface area contributed by atoms with Crippen LogP contribution in [-0.4, -0.2) is 160 Å². The van der Waals surface area contributed by atoms with Gasteiger partial charge >= 0.3 is 11.9 Å². The normalized spacial score (nSPS) is 24.6. The Bertz CT molecular complexity index is 3870. The van der Waals surface area contributed by atoms with Gasteiger partial charge in [-0.3, -0.25) is 34.3 Å². The predicted molar refractivity (Wildman–Crippen MR) is 311 cm³/mol. The minimum Gasteiger partial charge on any atom is -0.504 e. The number of esters is 2. The van der Waals surface area contributed by atoms with Crippen molar-refractivity contribution in [1.29, 1.82) is 0 Å². The van der Waals surface area contributed by atoms with Crippen LogP contribution in [0.4, 0.5) is 4.39 Å². The number of fused-ring (bicyclic) bond motifs is 10. The van der Waals surface area contributed by atoms with Gasteiger partial charge in [-0.05, 0) is 105 Å². The van der Waals surface area contributed by atoms with Gasteiger partial charge in [-0.15, -0.1) is 11.8 Å². The number of hydrogen-bond acceptors (Lipinski definition) is 19. The molecular formula is C63H66FN7O14S. The Labute approximate surface area is 498 Å². The topological polar surface area (TPSA) is 255 Å². The van der Waals surface area contributed by atoms with E-state index in [4.69, 9.17) is 28.4 Å². The highest BCUT2D eigenvalue weighted by molar-refractivity contribution is 7.99. The van der Waals surface area contributed by atoms with E-state index < -0.39 is 52.9 Å². The number of aliphatic hydroxyl groups excluding tert-OH is 1. The lowest BCUT2D eigenvalue weighted by molar-refractivity contribution is -0.186. The summed E-state index contributed by atoms with van der Waals surface area (Å²) in [4.78, 5) is 72.4. The number of phenols is 2. The van der Waals surface area contributed by atoms with Crippen LogP contribution in [0.25, 0.3) is 10.8 Å². The van der Waals surface area contributed by atoms with E-state index in [1.54, 1.807) is 46.2 Å². The molecule has 7 atom stereocenters. The maximum absolute atomic E-state index is 14.7. The van der Waals surface area contributed by atoms with Crippen LogP contribution in [0, 0.1) is 25.6 Å². The number of nitrogens with zero attached hydrogens (tertiary/aromatic N) is 5. The number of phenolic OH excluding ortho intramolecular Hbond substituents is 2. The van der Waals surface area contributed by atoms with Crippen molar-refractivity contribution < 1.29 is 67.3 Å². The zero-order valence-electron chi connectivity index (χ0n) is 48.4. The first-order valence-electron chi connectivity index (χ1n) is 28.9. The number of aromatic nitrogens is 2. The third-order valence-electron chi connectivity index (χ3n) is 18.5. The molecule has 21 nitrogen and oxygen atoms in total. The SMILES string of the molecule is COc1cc2c(cc1O)CCNC21CSC2c3c(OC(C)=O)c(C)c4c(c3C(COC1=O)N1C(O)C3Cc5cc(C)c(OC)c(O)c5C(C21)N3C)OCO4.O=C(c1cc(Cc2n[nH]c(=O)c3ccccc23)ccc1F)N1CCN(C(=O)C2CC2)CC1. The number of rotatable bonds is 7. The lowest BCUT2D eigenvalue weighted by atomic mass is 9.73. The van der Waals surface area contributed by atoms with Crippen molar-refractivity contribution in [2.75, 3.05) is 73.1 Å². The molecule has 15 rings (SSSR count). The Kier molecular flexibility index (Phi) is 14.7. The summed E-state index contributed by atoms with van der Waals surface area (Å²) in [6.07, 6.45) is 2.23. The van der Waals surface area contributed by atoms with Crippen molar-refractivity contribution in [1.82, 2.24) is 35.1 Å². The fourth-order valence-electron chi connectivity index (χ4n) is 14.2. The number of likely N-dealkylation sites (N-methyl/N-ethyl adjacent to an activating group) is 1. The molecule has 9 aliphatic rings. The van der Waals surface area contributed by atoms with Crippen molar-refractivity contribution in [3.63, 3.8) is 0 Å². The first kappa shape index (κ1) is 57.1. The fraction of sp³-hybridized carbons (Fsp3) is 0.429. The molecule has 1 aliphatic carbocycles. The van der Waals surface area contributed by atoms with E-state index in [2.05, 4.69) is 20.4 Å². The Hall–Kier alpha value is -7.96. The van der Waals surface area contributed by atoms with Gasteiger partial charge in [0.25, 0.3) is 11.5 Å². The second-order valence-electron chi connectivity index (χ2n) is 23.4. The minimum atomic E-state index is -1.36. The van der Waals surface area contributed by atoms with E-state index in [0.29, 0.717) is 114 Å². The number of aromatic hydroxyl groups is 2. The van der Waals surface area contributed by atoms with Gasteiger partial charge in [0, 0.05) is 91.4 Å². The largest absolute Gasteiger partial charge is 0.504 e. The molecule has 0 radical (unpaired) electrons. The third kappa shape index (κ3) is 9.35. The highest BCUT2D eigenvalue weighted by Crippen LogP contribution is 2.64. The number of benzene rings is 5. The minimum absolute atomic E-state index is 0.0122. The molecule has 86 heavy (non-hydrogen) atoms. The lowest BCUT2D eigenvalue weighted by Crippen LogP contribution is -2.70. The van der Waals surface area contributed by atoms with Crippen molar-refractivity contribution in [3.05, 3.63) is 138 Å². The number of aliphatic hydroxyl groups is 1. The Morgan fingerprint density at radius 2 is 1.63 bits per heavy atom. The maximum atomic E-state index is 14.7. The molecule has 8 aliphatic heterocycles. The number of methoxy groups -OCH3 is 2. The number of aromatic amines is 1. The summed E-state index contributed by atoms with van der Waals surface area (Å²) < 4.78 is 50.5. The second kappa shape index (κ2) is 22.1.